The maximum absolute atomic E-state index is 6.69. The van der Waals surface area contributed by atoms with E-state index in [0.717, 1.165) is 84.0 Å². The lowest BCUT2D eigenvalue weighted by atomic mass is 10.0. The van der Waals surface area contributed by atoms with E-state index < -0.39 is 0 Å². The highest BCUT2D eigenvalue weighted by Crippen LogP contribution is 2.60. The lowest BCUT2D eigenvalue weighted by Crippen LogP contribution is -2.20. The molecule has 6 nitrogen and oxygen atoms in total. The van der Waals surface area contributed by atoms with Crippen LogP contribution < -0.4 is 14.4 Å². The largest absolute Gasteiger partial charge is 0.453 e. The first kappa shape index (κ1) is 27.2. The zero-order valence-electron chi connectivity index (χ0n) is 26.9. The summed E-state index contributed by atoms with van der Waals surface area (Å²) in [5, 5.41) is 5.72. The molecule has 5 heterocycles. The predicted octanol–water partition coefficient (Wildman–Crippen LogP) is 12.4. The minimum Gasteiger partial charge on any atom is -0.453 e. The van der Waals surface area contributed by atoms with E-state index in [1.807, 2.05) is 53.8 Å². The van der Waals surface area contributed by atoms with E-state index in [1.54, 1.807) is 0 Å². The molecule has 238 valence electrons. The lowest BCUT2D eigenvalue weighted by Gasteiger charge is -2.37. The van der Waals surface area contributed by atoms with Crippen molar-refractivity contribution in [2.75, 3.05) is 4.90 Å². The summed E-state index contributed by atoms with van der Waals surface area (Å²) < 4.78 is 17.8. The molecule has 0 fully saturated rings. The van der Waals surface area contributed by atoms with Crippen molar-refractivity contribution in [3.8, 4) is 40.2 Å². The van der Waals surface area contributed by atoms with Gasteiger partial charge in [0.1, 0.15) is 5.69 Å². The fourth-order valence-corrected chi connectivity index (χ4v) is 9.02. The Kier molecular flexibility index (Phi) is 5.29. The number of nitrogens with zero attached hydrogens (tertiary/aromatic N) is 4. The van der Waals surface area contributed by atoms with Gasteiger partial charge in [-0.3, -0.25) is 9.47 Å². The first-order valence-electron chi connectivity index (χ1n) is 16.9. The highest BCUT2D eigenvalue weighted by atomic mass is 32.1. The van der Waals surface area contributed by atoms with Crippen LogP contribution in [0.15, 0.2) is 146 Å². The summed E-state index contributed by atoms with van der Waals surface area (Å²) in [4.78, 5) is 12.9. The number of ether oxygens (including phenoxy) is 2. The van der Waals surface area contributed by atoms with Crippen molar-refractivity contribution in [1.82, 2.24) is 14.5 Å². The number of hydrogen-bond acceptors (Lipinski definition) is 6. The molecule has 7 heteroatoms. The fourth-order valence-electron chi connectivity index (χ4n) is 7.94. The van der Waals surface area contributed by atoms with Gasteiger partial charge in [0.05, 0.1) is 33.6 Å². The van der Waals surface area contributed by atoms with Crippen molar-refractivity contribution in [3.05, 3.63) is 146 Å². The molecular formula is C44H24N4O2S. The van der Waals surface area contributed by atoms with E-state index in [2.05, 4.69) is 113 Å². The molecule has 0 unspecified atom stereocenters. The van der Waals surface area contributed by atoms with Crippen LogP contribution in [0, 0.1) is 0 Å². The number of thiophene rings is 1. The van der Waals surface area contributed by atoms with E-state index in [0.29, 0.717) is 5.95 Å². The summed E-state index contributed by atoms with van der Waals surface area (Å²) in [5.74, 6) is 3.69. The summed E-state index contributed by atoms with van der Waals surface area (Å²) >= 11 is 1.82. The molecule has 0 aliphatic carbocycles. The zero-order valence-corrected chi connectivity index (χ0v) is 27.7. The Hall–Kier alpha value is -6.70. The molecule has 2 aliphatic heterocycles. The van der Waals surface area contributed by atoms with Crippen LogP contribution >= 0.6 is 11.3 Å². The minimum atomic E-state index is 0.611. The van der Waals surface area contributed by atoms with Gasteiger partial charge in [0.25, 0.3) is 0 Å². The Morgan fingerprint density at radius 1 is 0.471 bits per heavy atom. The van der Waals surface area contributed by atoms with Crippen molar-refractivity contribution in [1.29, 1.82) is 0 Å². The van der Waals surface area contributed by atoms with Crippen molar-refractivity contribution in [2.45, 2.75) is 0 Å². The monoisotopic (exact) mass is 672 g/mol. The molecule has 12 rings (SSSR count). The molecule has 0 radical (unpaired) electrons. The quantitative estimate of drug-likeness (QED) is 0.183. The van der Waals surface area contributed by atoms with Crippen molar-refractivity contribution >= 4 is 81.3 Å². The van der Waals surface area contributed by atoms with E-state index in [1.165, 1.54) is 20.2 Å². The van der Waals surface area contributed by atoms with Gasteiger partial charge in [-0.05, 0) is 60.7 Å². The number of aromatic nitrogens is 3. The molecule has 0 saturated heterocycles. The molecule has 0 amide bonds. The van der Waals surface area contributed by atoms with Crippen LogP contribution in [-0.2, 0) is 0 Å². The Balaban J connectivity index is 1.12. The van der Waals surface area contributed by atoms with Gasteiger partial charge in [0.15, 0.2) is 23.0 Å². The number of fused-ring (bicyclic) bond motifs is 11. The smallest absolute Gasteiger partial charge is 0.235 e. The molecular weight excluding hydrogens is 649 g/mol. The number of anilines is 3. The van der Waals surface area contributed by atoms with Gasteiger partial charge in [-0.25, -0.2) is 9.97 Å². The van der Waals surface area contributed by atoms with Crippen LogP contribution in [0.25, 0.3) is 70.1 Å². The molecule has 0 saturated carbocycles. The maximum Gasteiger partial charge on any atom is 0.235 e. The molecule has 0 bridgehead atoms. The van der Waals surface area contributed by atoms with Gasteiger partial charge in [0.2, 0.25) is 5.95 Å². The summed E-state index contributed by atoms with van der Waals surface area (Å²) in [6.45, 7) is 0. The van der Waals surface area contributed by atoms with E-state index in [4.69, 9.17) is 19.4 Å². The maximum atomic E-state index is 6.69. The van der Waals surface area contributed by atoms with Crippen molar-refractivity contribution in [3.63, 3.8) is 0 Å². The van der Waals surface area contributed by atoms with Crippen LogP contribution in [-0.4, -0.2) is 14.5 Å². The molecule has 10 aromatic rings. The summed E-state index contributed by atoms with van der Waals surface area (Å²) in [5.41, 5.74) is 7.68. The Morgan fingerprint density at radius 3 is 2.12 bits per heavy atom. The van der Waals surface area contributed by atoms with Gasteiger partial charge in [-0.1, -0.05) is 78.9 Å². The van der Waals surface area contributed by atoms with E-state index in [-0.39, 0.29) is 0 Å². The van der Waals surface area contributed by atoms with Crippen LogP contribution in [0.2, 0.25) is 0 Å². The van der Waals surface area contributed by atoms with Crippen LogP contribution in [0.5, 0.6) is 23.0 Å². The average molecular weight is 673 g/mol. The topological polar surface area (TPSA) is 52.4 Å². The lowest BCUT2D eigenvalue weighted by molar-refractivity contribution is 0.446. The van der Waals surface area contributed by atoms with Gasteiger partial charge in [-0.2, -0.15) is 0 Å². The molecule has 7 aromatic carbocycles. The van der Waals surface area contributed by atoms with Gasteiger partial charge in [0, 0.05) is 48.0 Å². The van der Waals surface area contributed by atoms with Gasteiger partial charge in [-0.15, -0.1) is 11.3 Å². The van der Waals surface area contributed by atoms with Crippen LogP contribution in [0.3, 0.4) is 0 Å². The summed E-state index contributed by atoms with van der Waals surface area (Å²) in [7, 11) is 0. The third-order valence-corrected chi connectivity index (χ3v) is 11.3. The molecule has 0 atom stereocenters. The van der Waals surface area contributed by atoms with Crippen molar-refractivity contribution in [2.24, 2.45) is 0 Å². The zero-order chi connectivity index (χ0) is 33.2. The predicted molar refractivity (Wildman–Crippen MR) is 207 cm³/mol. The second kappa shape index (κ2) is 9.94. The standard InChI is InChI=1S/C44H24N4O2S/c1-4-13-31-28(12-1)42(25-20-21-41-30(22-25)27-11-3-8-19-40(27)51-41)46-44(45-31)48-32-14-5-2-10-26(32)29-23-35-39(24-34(29)48)50-38-18-9-17-37-43(38)47(35)33-15-6-7-16-36(33)49-37/h1-24H. The average Bonchev–Trinajstić information content (AvgIpc) is 3.71. The third kappa shape index (κ3) is 3.75. The highest BCUT2D eigenvalue weighted by Gasteiger charge is 2.35. The number of para-hydroxylation sites is 5. The van der Waals surface area contributed by atoms with Gasteiger partial charge < -0.3 is 9.47 Å². The minimum absolute atomic E-state index is 0.611. The third-order valence-electron chi connectivity index (χ3n) is 10.2. The number of benzene rings is 7. The summed E-state index contributed by atoms with van der Waals surface area (Å²) in [6.07, 6.45) is 0. The Morgan fingerprint density at radius 2 is 1.20 bits per heavy atom. The van der Waals surface area contributed by atoms with E-state index >= 15 is 0 Å². The molecule has 0 N–H and O–H groups in total. The second-order valence-electron chi connectivity index (χ2n) is 13.0. The van der Waals surface area contributed by atoms with Crippen molar-refractivity contribution < 1.29 is 9.47 Å². The SMILES string of the molecule is c1ccc2c(c1)Oc1cccc3c1N2c1cc2c4ccccc4n(-c4nc(-c5ccc6sc7ccccc7c6c5)c5ccccc5n4)c2cc1O3. The molecule has 3 aromatic heterocycles. The normalized spacial score (nSPS) is 13.0. The number of hydrogen-bond donors (Lipinski definition) is 0. The molecule has 0 spiro atoms. The summed E-state index contributed by atoms with van der Waals surface area (Å²) in [6, 6.07) is 50.6. The molecule has 51 heavy (non-hydrogen) atoms. The second-order valence-corrected chi connectivity index (χ2v) is 14.1. The first-order chi connectivity index (χ1) is 25.3. The Labute approximate surface area is 295 Å². The highest BCUT2D eigenvalue weighted by molar-refractivity contribution is 7.25. The van der Waals surface area contributed by atoms with Crippen LogP contribution in [0.1, 0.15) is 0 Å². The van der Waals surface area contributed by atoms with Gasteiger partial charge >= 0.3 is 0 Å². The van der Waals surface area contributed by atoms with E-state index in [9.17, 15) is 0 Å². The Bertz CT molecular complexity index is 3120. The van der Waals surface area contributed by atoms with Crippen LogP contribution in [0.4, 0.5) is 17.1 Å². The fraction of sp³-hybridized carbons (Fsp3) is 0. The molecule has 2 aliphatic rings. The number of rotatable bonds is 2. The first-order valence-corrected chi connectivity index (χ1v) is 17.7.